The summed E-state index contributed by atoms with van der Waals surface area (Å²) < 4.78 is 0. The van der Waals surface area contributed by atoms with Crippen LogP contribution in [0.5, 0.6) is 0 Å². The fourth-order valence-electron chi connectivity index (χ4n) is 2.79. The Labute approximate surface area is 137 Å². The number of fused-ring (bicyclic) bond motifs is 1. The molecule has 7 heteroatoms. The van der Waals surface area contributed by atoms with Crippen LogP contribution in [-0.4, -0.2) is 21.7 Å². The fourth-order valence-corrected chi connectivity index (χ4v) is 2.79. The van der Waals surface area contributed by atoms with Gasteiger partial charge in [-0.05, 0) is 13.0 Å². The van der Waals surface area contributed by atoms with Crippen LogP contribution in [0.25, 0.3) is 0 Å². The quantitative estimate of drug-likeness (QED) is 0.509. The number of aliphatic hydroxyl groups is 1. The van der Waals surface area contributed by atoms with Gasteiger partial charge in [-0.2, -0.15) is 0 Å². The van der Waals surface area contributed by atoms with Crippen LogP contribution in [0.4, 0.5) is 11.4 Å². The number of amides is 1. The fraction of sp³-hybridized carbons (Fsp3) is 0.176. The smallest absolute Gasteiger partial charge is 0.273 e. The zero-order valence-electron chi connectivity index (χ0n) is 12.8. The second-order valence-corrected chi connectivity index (χ2v) is 5.72. The number of ketones is 1. The highest BCUT2D eigenvalue weighted by molar-refractivity contribution is 6.09. The Hall–Kier alpha value is -3.06. The van der Waals surface area contributed by atoms with Gasteiger partial charge in [-0.1, -0.05) is 30.3 Å². The third-order valence-corrected chi connectivity index (χ3v) is 4.14. The first-order chi connectivity index (χ1) is 11.3. The Morgan fingerprint density at radius 1 is 1.29 bits per heavy atom. The van der Waals surface area contributed by atoms with E-state index in [1.54, 1.807) is 31.2 Å². The maximum absolute atomic E-state index is 12.5. The van der Waals surface area contributed by atoms with Gasteiger partial charge in [0.15, 0.2) is 11.4 Å². The zero-order valence-corrected chi connectivity index (χ0v) is 12.8. The van der Waals surface area contributed by atoms with Crippen molar-refractivity contribution in [2.24, 2.45) is 0 Å². The molecule has 2 aromatic rings. The standard InChI is InChI=1S/C17H14N2O5/c1-10-6-7-11(8-14(10)19(23)24)15(20)9-17(22)12-4-2-3-5-13(12)18-16(17)21/h2-8,22H,9H2,1H3,(H,18,21). The van der Waals surface area contributed by atoms with E-state index < -0.39 is 28.6 Å². The van der Waals surface area contributed by atoms with Crippen molar-refractivity contribution in [3.63, 3.8) is 0 Å². The van der Waals surface area contributed by atoms with Crippen LogP contribution in [0, 0.1) is 17.0 Å². The average molecular weight is 326 g/mol. The van der Waals surface area contributed by atoms with Gasteiger partial charge in [0.05, 0.1) is 11.3 Å². The van der Waals surface area contributed by atoms with Gasteiger partial charge in [0.25, 0.3) is 11.6 Å². The molecule has 0 spiro atoms. The number of carbonyl (C=O) groups excluding carboxylic acids is 2. The minimum absolute atomic E-state index is 0.0814. The van der Waals surface area contributed by atoms with Gasteiger partial charge < -0.3 is 10.4 Å². The van der Waals surface area contributed by atoms with Gasteiger partial charge in [-0.15, -0.1) is 0 Å². The van der Waals surface area contributed by atoms with E-state index in [9.17, 15) is 24.8 Å². The number of hydrogen-bond acceptors (Lipinski definition) is 5. The number of nitro benzene ring substituents is 1. The number of anilines is 1. The number of hydrogen-bond donors (Lipinski definition) is 2. The summed E-state index contributed by atoms with van der Waals surface area (Å²) in [5, 5.41) is 24.2. The Morgan fingerprint density at radius 3 is 2.71 bits per heavy atom. The van der Waals surface area contributed by atoms with Crippen molar-refractivity contribution in [3.8, 4) is 0 Å². The Kier molecular flexibility index (Phi) is 3.65. The number of nitrogens with zero attached hydrogens (tertiary/aromatic N) is 1. The number of carbonyl (C=O) groups is 2. The average Bonchev–Trinajstić information content (AvgIpc) is 2.79. The summed E-state index contributed by atoms with van der Waals surface area (Å²) in [6.07, 6.45) is -0.490. The Bertz CT molecular complexity index is 877. The molecule has 0 fully saturated rings. The number of Topliss-reactive ketones (excluding diaryl/α,β-unsaturated/α-hetero) is 1. The highest BCUT2D eigenvalue weighted by Gasteiger charge is 2.46. The van der Waals surface area contributed by atoms with E-state index in [0.717, 1.165) is 0 Å². The minimum Gasteiger partial charge on any atom is -0.375 e. The van der Waals surface area contributed by atoms with Crippen LogP contribution < -0.4 is 5.32 Å². The van der Waals surface area contributed by atoms with Crippen LogP contribution in [-0.2, 0) is 10.4 Å². The summed E-state index contributed by atoms with van der Waals surface area (Å²) >= 11 is 0. The van der Waals surface area contributed by atoms with E-state index in [-0.39, 0.29) is 11.3 Å². The van der Waals surface area contributed by atoms with Crippen LogP contribution in [0.2, 0.25) is 0 Å². The van der Waals surface area contributed by atoms with Gasteiger partial charge in [0.1, 0.15) is 0 Å². The topological polar surface area (TPSA) is 110 Å². The molecule has 1 amide bonds. The second kappa shape index (κ2) is 5.54. The maximum Gasteiger partial charge on any atom is 0.273 e. The van der Waals surface area contributed by atoms with Crippen LogP contribution in [0.15, 0.2) is 42.5 Å². The molecule has 1 atom stereocenters. The molecule has 24 heavy (non-hydrogen) atoms. The molecule has 3 rings (SSSR count). The zero-order chi connectivity index (χ0) is 17.5. The van der Waals surface area contributed by atoms with E-state index >= 15 is 0 Å². The van der Waals surface area contributed by atoms with E-state index in [4.69, 9.17) is 0 Å². The Morgan fingerprint density at radius 2 is 2.00 bits per heavy atom. The summed E-state index contributed by atoms with van der Waals surface area (Å²) in [6.45, 7) is 1.57. The molecule has 0 bridgehead atoms. The van der Waals surface area contributed by atoms with E-state index in [2.05, 4.69) is 5.32 Å². The highest BCUT2D eigenvalue weighted by Crippen LogP contribution is 2.39. The molecule has 1 aliphatic rings. The van der Waals surface area contributed by atoms with Crippen molar-refractivity contribution in [1.29, 1.82) is 0 Å². The number of rotatable bonds is 4. The predicted octanol–water partition coefficient (Wildman–Crippen LogP) is 2.32. The molecule has 0 saturated carbocycles. The van der Waals surface area contributed by atoms with Crippen LogP contribution >= 0.6 is 0 Å². The molecule has 1 aliphatic heterocycles. The molecule has 7 nitrogen and oxygen atoms in total. The largest absolute Gasteiger partial charge is 0.375 e. The number of nitro groups is 1. The third kappa shape index (κ3) is 2.44. The SMILES string of the molecule is Cc1ccc(C(=O)CC2(O)C(=O)Nc3ccccc32)cc1[N+](=O)[O-]. The summed E-state index contributed by atoms with van der Waals surface area (Å²) in [4.78, 5) is 35.0. The number of nitrogens with one attached hydrogen (secondary N) is 1. The molecule has 0 aliphatic carbocycles. The summed E-state index contributed by atoms with van der Waals surface area (Å²) in [5.41, 5.74) is -0.869. The minimum atomic E-state index is -1.98. The monoisotopic (exact) mass is 326 g/mol. The molecule has 1 unspecified atom stereocenters. The van der Waals surface area contributed by atoms with Gasteiger partial charge >= 0.3 is 0 Å². The molecule has 2 N–H and O–H groups in total. The van der Waals surface area contributed by atoms with E-state index in [1.807, 2.05) is 0 Å². The van der Waals surface area contributed by atoms with Gasteiger partial charge in [0, 0.05) is 28.4 Å². The Balaban J connectivity index is 1.94. The lowest BCUT2D eigenvalue weighted by Crippen LogP contribution is -2.36. The van der Waals surface area contributed by atoms with Crippen LogP contribution in [0.3, 0.4) is 0 Å². The number of para-hydroxylation sites is 1. The summed E-state index contributed by atoms with van der Waals surface area (Å²) in [7, 11) is 0. The predicted molar refractivity (Wildman–Crippen MR) is 85.7 cm³/mol. The first-order valence-electron chi connectivity index (χ1n) is 7.24. The van der Waals surface area contributed by atoms with Gasteiger partial charge in [-0.3, -0.25) is 19.7 Å². The number of aryl methyl sites for hydroxylation is 1. The van der Waals surface area contributed by atoms with Crippen molar-refractivity contribution in [2.75, 3.05) is 5.32 Å². The highest BCUT2D eigenvalue weighted by atomic mass is 16.6. The maximum atomic E-state index is 12.5. The lowest BCUT2D eigenvalue weighted by Gasteiger charge is -2.20. The molecule has 0 saturated heterocycles. The summed E-state index contributed by atoms with van der Waals surface area (Å²) in [6, 6.07) is 10.6. The van der Waals surface area contributed by atoms with Crippen molar-refractivity contribution in [1.82, 2.24) is 0 Å². The summed E-state index contributed by atoms with van der Waals surface area (Å²) in [5.74, 6) is -1.23. The molecule has 0 aromatic heterocycles. The third-order valence-electron chi connectivity index (χ3n) is 4.14. The molecule has 1 heterocycles. The van der Waals surface area contributed by atoms with E-state index in [0.29, 0.717) is 16.8 Å². The first-order valence-corrected chi connectivity index (χ1v) is 7.24. The number of benzene rings is 2. The lowest BCUT2D eigenvalue weighted by molar-refractivity contribution is -0.385. The molecule has 2 aromatic carbocycles. The van der Waals surface area contributed by atoms with E-state index in [1.165, 1.54) is 18.2 Å². The molecular formula is C17H14N2O5. The molecular weight excluding hydrogens is 312 g/mol. The van der Waals surface area contributed by atoms with Gasteiger partial charge in [0.2, 0.25) is 0 Å². The molecule has 0 radical (unpaired) electrons. The van der Waals surface area contributed by atoms with Crippen molar-refractivity contribution < 1.29 is 19.6 Å². The normalized spacial score (nSPS) is 18.8. The van der Waals surface area contributed by atoms with Crippen molar-refractivity contribution in [3.05, 3.63) is 69.3 Å². The van der Waals surface area contributed by atoms with Crippen molar-refractivity contribution in [2.45, 2.75) is 18.9 Å². The molecule has 122 valence electrons. The van der Waals surface area contributed by atoms with Gasteiger partial charge in [-0.25, -0.2) is 0 Å². The van der Waals surface area contributed by atoms with Crippen molar-refractivity contribution >= 4 is 23.1 Å². The van der Waals surface area contributed by atoms with Crippen LogP contribution in [0.1, 0.15) is 27.9 Å². The first kappa shape index (κ1) is 15.8. The second-order valence-electron chi connectivity index (χ2n) is 5.72. The lowest BCUT2D eigenvalue weighted by atomic mass is 9.88.